The quantitative estimate of drug-likeness (QED) is 0.538. The molecule has 0 unspecified atom stereocenters. The second-order valence-electron chi connectivity index (χ2n) is 5.10. The molecule has 0 heterocycles. The van der Waals surface area contributed by atoms with E-state index in [1.807, 2.05) is 0 Å². The maximum absolute atomic E-state index is 12.1. The van der Waals surface area contributed by atoms with Crippen molar-refractivity contribution in [1.82, 2.24) is 0 Å². The average molecular weight is 164 g/mol. The molecule has 0 N–H and O–H groups in total. The van der Waals surface area contributed by atoms with Gasteiger partial charge in [0, 0.05) is 10.8 Å². The van der Waals surface area contributed by atoms with Gasteiger partial charge in [0.1, 0.15) is 5.78 Å². The average Bonchev–Trinajstić information content (AvgIpc) is 2.74. The number of hydrogen-bond donors (Lipinski definition) is 0. The van der Waals surface area contributed by atoms with E-state index < -0.39 is 0 Å². The molecule has 3 saturated carbocycles. The molecule has 3 aliphatic carbocycles. The Morgan fingerprint density at radius 1 is 0.750 bits per heavy atom. The molecule has 2 spiro atoms. The van der Waals surface area contributed by atoms with Crippen molar-refractivity contribution in [2.24, 2.45) is 10.8 Å². The molecule has 0 atom stereocenters. The largest absolute Gasteiger partial charge is 0.298 e. The number of ketones is 1. The zero-order valence-corrected chi connectivity index (χ0v) is 7.57. The third-order valence-electron chi connectivity index (χ3n) is 4.44. The van der Waals surface area contributed by atoms with Gasteiger partial charge in [-0.1, -0.05) is 12.8 Å². The van der Waals surface area contributed by atoms with E-state index >= 15 is 0 Å². The maximum atomic E-state index is 12.1. The third-order valence-corrected chi connectivity index (χ3v) is 4.44. The fourth-order valence-corrected chi connectivity index (χ4v) is 3.26. The van der Waals surface area contributed by atoms with Crippen LogP contribution >= 0.6 is 0 Å². The molecule has 0 amide bonds. The number of rotatable bonds is 0. The lowest BCUT2D eigenvalue weighted by atomic mass is 9.56. The first-order chi connectivity index (χ1) is 5.78. The van der Waals surface area contributed by atoms with Gasteiger partial charge in [0.15, 0.2) is 0 Å². The minimum atomic E-state index is 0.217. The topological polar surface area (TPSA) is 17.1 Å². The smallest absolute Gasteiger partial charge is 0.145 e. The summed E-state index contributed by atoms with van der Waals surface area (Å²) < 4.78 is 0. The second-order valence-corrected chi connectivity index (χ2v) is 5.10. The van der Waals surface area contributed by atoms with Gasteiger partial charge in [-0.25, -0.2) is 0 Å². The first kappa shape index (κ1) is 7.11. The molecule has 3 aliphatic rings. The van der Waals surface area contributed by atoms with Crippen LogP contribution in [0, 0.1) is 10.8 Å². The van der Waals surface area contributed by atoms with Crippen LogP contribution in [-0.2, 0) is 4.79 Å². The van der Waals surface area contributed by atoms with Crippen LogP contribution in [0.5, 0.6) is 0 Å². The fourth-order valence-electron chi connectivity index (χ4n) is 3.26. The molecular formula is C11H16O. The molecule has 0 aromatic heterocycles. The molecule has 0 bridgehead atoms. The molecule has 1 heteroatoms. The summed E-state index contributed by atoms with van der Waals surface area (Å²) in [4.78, 5) is 12.1. The number of carbonyl (C=O) groups is 1. The van der Waals surface area contributed by atoms with Gasteiger partial charge in [-0.2, -0.15) is 0 Å². The van der Waals surface area contributed by atoms with Crippen molar-refractivity contribution in [3.63, 3.8) is 0 Å². The molecule has 3 fully saturated rings. The van der Waals surface area contributed by atoms with E-state index in [4.69, 9.17) is 0 Å². The molecule has 1 nitrogen and oxygen atoms in total. The summed E-state index contributed by atoms with van der Waals surface area (Å²) in [5.41, 5.74) is 0.452. The Morgan fingerprint density at radius 2 is 1.17 bits per heavy atom. The Hall–Kier alpha value is -0.330. The molecule has 12 heavy (non-hydrogen) atoms. The highest BCUT2D eigenvalue weighted by molar-refractivity contribution is 5.93. The van der Waals surface area contributed by atoms with Crippen LogP contribution in [0.25, 0.3) is 0 Å². The van der Waals surface area contributed by atoms with Gasteiger partial charge in [0.05, 0.1) is 0 Å². The molecule has 3 rings (SSSR count). The van der Waals surface area contributed by atoms with E-state index in [1.165, 1.54) is 51.4 Å². The first-order valence-electron chi connectivity index (χ1n) is 5.33. The van der Waals surface area contributed by atoms with Crippen molar-refractivity contribution >= 4 is 5.78 Å². The van der Waals surface area contributed by atoms with Gasteiger partial charge < -0.3 is 0 Å². The van der Waals surface area contributed by atoms with Crippen LogP contribution in [0.4, 0.5) is 0 Å². The number of carbonyl (C=O) groups excluding carboxylic acids is 1. The Bertz CT molecular complexity index is 233. The fraction of sp³-hybridized carbons (Fsp3) is 0.909. The normalized spacial score (nSPS) is 35.2. The van der Waals surface area contributed by atoms with Crippen molar-refractivity contribution in [3.05, 3.63) is 0 Å². The summed E-state index contributed by atoms with van der Waals surface area (Å²) in [5.74, 6) is 0.674. The molecule has 0 saturated heterocycles. The van der Waals surface area contributed by atoms with Gasteiger partial charge in [-0.3, -0.25) is 4.79 Å². The molecule has 66 valence electrons. The second kappa shape index (κ2) is 1.94. The third kappa shape index (κ3) is 0.681. The summed E-state index contributed by atoms with van der Waals surface area (Å²) in [7, 11) is 0. The Morgan fingerprint density at radius 3 is 1.58 bits per heavy atom. The lowest BCUT2D eigenvalue weighted by Gasteiger charge is -2.46. The lowest BCUT2D eigenvalue weighted by molar-refractivity contribution is -0.143. The molecule has 0 aromatic carbocycles. The predicted octanol–water partition coefficient (Wildman–Crippen LogP) is 2.69. The van der Waals surface area contributed by atoms with E-state index in [0.717, 1.165) is 0 Å². The summed E-state index contributed by atoms with van der Waals surface area (Å²) in [6, 6.07) is 0. The standard InChI is InChI=1S/C11H16O/c12-9-10(3-1-4-10)5-2-6-11(9)7-8-11/h1-8H2. The summed E-state index contributed by atoms with van der Waals surface area (Å²) >= 11 is 0. The highest BCUT2D eigenvalue weighted by Gasteiger charge is 2.60. The van der Waals surface area contributed by atoms with E-state index in [-0.39, 0.29) is 10.8 Å². The van der Waals surface area contributed by atoms with E-state index in [2.05, 4.69) is 0 Å². The van der Waals surface area contributed by atoms with Crippen molar-refractivity contribution in [1.29, 1.82) is 0 Å². The summed E-state index contributed by atoms with van der Waals surface area (Å²) in [5, 5.41) is 0. The number of hydrogen-bond acceptors (Lipinski definition) is 1. The van der Waals surface area contributed by atoms with Crippen molar-refractivity contribution < 1.29 is 4.79 Å². The minimum absolute atomic E-state index is 0.217. The molecule has 0 radical (unpaired) electrons. The van der Waals surface area contributed by atoms with Crippen LogP contribution in [-0.4, -0.2) is 5.78 Å². The zero-order valence-electron chi connectivity index (χ0n) is 7.57. The zero-order chi connectivity index (χ0) is 8.23. The first-order valence-corrected chi connectivity index (χ1v) is 5.33. The minimum Gasteiger partial charge on any atom is -0.298 e. The molecule has 0 aromatic rings. The Labute approximate surface area is 73.5 Å². The van der Waals surface area contributed by atoms with E-state index in [1.54, 1.807) is 0 Å². The van der Waals surface area contributed by atoms with Crippen LogP contribution < -0.4 is 0 Å². The molecular weight excluding hydrogens is 148 g/mol. The monoisotopic (exact) mass is 164 g/mol. The van der Waals surface area contributed by atoms with Crippen LogP contribution in [0.2, 0.25) is 0 Å². The van der Waals surface area contributed by atoms with Crippen molar-refractivity contribution in [2.45, 2.75) is 51.4 Å². The number of Topliss-reactive ketones (excluding diaryl/α,β-unsaturated/α-hetero) is 1. The van der Waals surface area contributed by atoms with Crippen LogP contribution in [0.1, 0.15) is 51.4 Å². The SMILES string of the molecule is O=C1C2(CCC2)CCCC12CC2. The van der Waals surface area contributed by atoms with Gasteiger partial charge in [0.25, 0.3) is 0 Å². The predicted molar refractivity (Wildman–Crippen MR) is 46.8 cm³/mol. The Balaban J connectivity index is 1.91. The highest BCUT2D eigenvalue weighted by Crippen LogP contribution is 2.63. The maximum Gasteiger partial charge on any atom is 0.145 e. The van der Waals surface area contributed by atoms with Gasteiger partial charge >= 0.3 is 0 Å². The van der Waals surface area contributed by atoms with E-state index in [9.17, 15) is 4.79 Å². The van der Waals surface area contributed by atoms with Crippen LogP contribution in [0.15, 0.2) is 0 Å². The Kier molecular flexibility index (Phi) is 1.15. The van der Waals surface area contributed by atoms with Crippen molar-refractivity contribution in [3.8, 4) is 0 Å². The summed E-state index contributed by atoms with van der Waals surface area (Å²) in [6.45, 7) is 0. The lowest BCUT2D eigenvalue weighted by Crippen LogP contribution is -2.45. The van der Waals surface area contributed by atoms with Gasteiger partial charge in [0.2, 0.25) is 0 Å². The highest BCUT2D eigenvalue weighted by atomic mass is 16.1. The van der Waals surface area contributed by atoms with Gasteiger partial charge in [-0.15, -0.1) is 0 Å². The van der Waals surface area contributed by atoms with E-state index in [0.29, 0.717) is 5.78 Å². The van der Waals surface area contributed by atoms with Crippen molar-refractivity contribution in [2.75, 3.05) is 0 Å². The van der Waals surface area contributed by atoms with Crippen LogP contribution in [0.3, 0.4) is 0 Å². The van der Waals surface area contributed by atoms with Gasteiger partial charge in [-0.05, 0) is 38.5 Å². The molecule has 0 aliphatic heterocycles. The summed E-state index contributed by atoms with van der Waals surface area (Å²) in [6.07, 6.45) is 9.93.